The standard InChI is InChI=1S/C18H20FNO4S/c1-12(9-13-3-5-17-14(10-13)7-8-24-17)20-25(21,22)15-4-6-18(23-2)16(19)11-15/h3-6,10-12,20H,7-9H2,1-2H3. The lowest BCUT2D eigenvalue weighted by Crippen LogP contribution is -2.34. The molecule has 0 fully saturated rings. The third-order valence-electron chi connectivity index (χ3n) is 4.09. The summed E-state index contributed by atoms with van der Waals surface area (Å²) in [6.45, 7) is 2.46. The smallest absolute Gasteiger partial charge is 0.240 e. The van der Waals surface area contributed by atoms with Crippen molar-refractivity contribution in [3.63, 3.8) is 0 Å². The van der Waals surface area contributed by atoms with Gasteiger partial charge in [0.25, 0.3) is 0 Å². The van der Waals surface area contributed by atoms with E-state index in [0.717, 1.165) is 29.4 Å². The first-order valence-electron chi connectivity index (χ1n) is 7.99. The van der Waals surface area contributed by atoms with E-state index in [1.807, 2.05) is 18.2 Å². The van der Waals surface area contributed by atoms with E-state index in [9.17, 15) is 12.8 Å². The Balaban J connectivity index is 1.71. The largest absolute Gasteiger partial charge is 0.494 e. The second-order valence-electron chi connectivity index (χ2n) is 6.06. The Kier molecular flexibility index (Phi) is 4.96. The van der Waals surface area contributed by atoms with Crippen LogP contribution in [0.2, 0.25) is 0 Å². The minimum Gasteiger partial charge on any atom is -0.494 e. The monoisotopic (exact) mass is 365 g/mol. The summed E-state index contributed by atoms with van der Waals surface area (Å²) in [7, 11) is -2.48. The predicted molar refractivity (Wildman–Crippen MR) is 92.1 cm³/mol. The van der Waals surface area contributed by atoms with Crippen LogP contribution in [-0.2, 0) is 22.9 Å². The molecule has 1 N–H and O–H groups in total. The molecule has 0 aromatic heterocycles. The van der Waals surface area contributed by atoms with Gasteiger partial charge in [0.05, 0.1) is 18.6 Å². The maximum absolute atomic E-state index is 13.8. The molecule has 1 aliphatic heterocycles. The van der Waals surface area contributed by atoms with E-state index in [4.69, 9.17) is 9.47 Å². The highest BCUT2D eigenvalue weighted by Gasteiger charge is 2.20. The molecule has 25 heavy (non-hydrogen) atoms. The molecule has 0 amide bonds. The van der Waals surface area contributed by atoms with Gasteiger partial charge in [0.1, 0.15) is 5.75 Å². The Bertz CT molecular complexity index is 883. The molecule has 0 saturated carbocycles. The molecule has 3 rings (SSSR count). The van der Waals surface area contributed by atoms with Crippen molar-refractivity contribution in [3.8, 4) is 11.5 Å². The summed E-state index contributed by atoms with van der Waals surface area (Å²) in [5.41, 5.74) is 2.17. The van der Waals surface area contributed by atoms with Crippen LogP contribution in [0.3, 0.4) is 0 Å². The molecule has 7 heteroatoms. The van der Waals surface area contributed by atoms with Crippen molar-refractivity contribution in [2.24, 2.45) is 0 Å². The highest BCUT2D eigenvalue weighted by atomic mass is 32.2. The maximum atomic E-state index is 13.8. The van der Waals surface area contributed by atoms with Gasteiger partial charge in [0, 0.05) is 12.5 Å². The molecule has 2 aromatic rings. The van der Waals surface area contributed by atoms with Crippen LogP contribution in [0.25, 0.3) is 0 Å². The van der Waals surface area contributed by atoms with Gasteiger partial charge >= 0.3 is 0 Å². The summed E-state index contributed by atoms with van der Waals surface area (Å²) in [4.78, 5) is -0.125. The third-order valence-corrected chi connectivity index (χ3v) is 5.67. The molecule has 1 aliphatic rings. The lowest BCUT2D eigenvalue weighted by molar-refractivity contribution is 0.357. The highest BCUT2D eigenvalue weighted by Crippen LogP contribution is 2.26. The normalized spacial score (nSPS) is 14.7. The average molecular weight is 365 g/mol. The number of rotatable bonds is 6. The Morgan fingerprint density at radius 1 is 1.28 bits per heavy atom. The van der Waals surface area contributed by atoms with Crippen molar-refractivity contribution < 1.29 is 22.3 Å². The topological polar surface area (TPSA) is 64.6 Å². The van der Waals surface area contributed by atoms with E-state index >= 15 is 0 Å². The van der Waals surface area contributed by atoms with Gasteiger partial charge in [-0.15, -0.1) is 0 Å². The van der Waals surface area contributed by atoms with Gasteiger partial charge in [-0.3, -0.25) is 0 Å². The summed E-state index contributed by atoms with van der Waals surface area (Å²) >= 11 is 0. The summed E-state index contributed by atoms with van der Waals surface area (Å²) in [6, 6.07) is 9.13. The van der Waals surface area contributed by atoms with E-state index in [2.05, 4.69) is 4.72 Å². The van der Waals surface area contributed by atoms with Crippen LogP contribution in [-0.4, -0.2) is 28.2 Å². The average Bonchev–Trinajstić information content (AvgIpc) is 3.01. The van der Waals surface area contributed by atoms with Gasteiger partial charge in [-0.1, -0.05) is 12.1 Å². The summed E-state index contributed by atoms with van der Waals surface area (Å²) in [5.74, 6) is 0.190. The fraction of sp³-hybridized carbons (Fsp3) is 0.333. The summed E-state index contributed by atoms with van der Waals surface area (Å²) in [5, 5.41) is 0. The van der Waals surface area contributed by atoms with Crippen LogP contribution in [0.15, 0.2) is 41.3 Å². The minimum absolute atomic E-state index is 0.00681. The van der Waals surface area contributed by atoms with Gasteiger partial charge < -0.3 is 9.47 Å². The molecule has 1 heterocycles. The Hall–Kier alpha value is -2.12. The second kappa shape index (κ2) is 7.01. The van der Waals surface area contributed by atoms with Crippen molar-refractivity contribution in [1.82, 2.24) is 4.72 Å². The lowest BCUT2D eigenvalue weighted by atomic mass is 10.0. The van der Waals surface area contributed by atoms with Crippen LogP contribution >= 0.6 is 0 Å². The van der Waals surface area contributed by atoms with Crippen molar-refractivity contribution in [2.75, 3.05) is 13.7 Å². The van der Waals surface area contributed by atoms with E-state index in [0.29, 0.717) is 13.0 Å². The zero-order valence-electron chi connectivity index (χ0n) is 14.1. The van der Waals surface area contributed by atoms with Gasteiger partial charge in [-0.05, 0) is 48.7 Å². The number of hydrogen-bond acceptors (Lipinski definition) is 4. The molecule has 134 valence electrons. The molecule has 1 unspecified atom stereocenters. The lowest BCUT2D eigenvalue weighted by Gasteiger charge is -2.15. The molecule has 0 spiro atoms. The number of nitrogens with one attached hydrogen (secondary N) is 1. The van der Waals surface area contributed by atoms with Crippen LogP contribution in [0.5, 0.6) is 11.5 Å². The summed E-state index contributed by atoms with van der Waals surface area (Å²) in [6.07, 6.45) is 1.40. The molecule has 0 saturated heterocycles. The Labute approximate surface area is 146 Å². The first kappa shape index (κ1) is 17.7. The van der Waals surface area contributed by atoms with Gasteiger partial charge in [-0.2, -0.15) is 0 Å². The first-order valence-corrected chi connectivity index (χ1v) is 9.48. The van der Waals surface area contributed by atoms with Crippen molar-refractivity contribution in [2.45, 2.75) is 30.7 Å². The van der Waals surface area contributed by atoms with E-state index in [-0.39, 0.29) is 16.7 Å². The summed E-state index contributed by atoms with van der Waals surface area (Å²) < 4.78 is 51.5. The van der Waals surface area contributed by atoms with Crippen molar-refractivity contribution in [1.29, 1.82) is 0 Å². The fourth-order valence-corrected chi connectivity index (χ4v) is 4.16. The number of halogens is 1. The van der Waals surface area contributed by atoms with E-state index in [1.165, 1.54) is 19.2 Å². The number of ether oxygens (including phenoxy) is 2. The van der Waals surface area contributed by atoms with Crippen molar-refractivity contribution >= 4 is 10.0 Å². The molecule has 0 aliphatic carbocycles. The second-order valence-corrected chi connectivity index (χ2v) is 7.78. The third kappa shape index (κ3) is 3.93. The number of benzene rings is 2. The number of methoxy groups -OCH3 is 1. The SMILES string of the molecule is COc1ccc(S(=O)(=O)NC(C)Cc2ccc3c(c2)CCO3)cc1F. The van der Waals surface area contributed by atoms with Gasteiger partial charge in [0.15, 0.2) is 11.6 Å². The van der Waals surface area contributed by atoms with Gasteiger partial charge in [-0.25, -0.2) is 17.5 Å². The predicted octanol–water partition coefficient (Wildman–Crippen LogP) is 2.68. The molecule has 0 radical (unpaired) electrons. The van der Waals surface area contributed by atoms with Crippen LogP contribution in [0, 0.1) is 5.82 Å². The molecule has 1 atom stereocenters. The Morgan fingerprint density at radius 2 is 2.08 bits per heavy atom. The highest BCUT2D eigenvalue weighted by molar-refractivity contribution is 7.89. The maximum Gasteiger partial charge on any atom is 0.240 e. The van der Waals surface area contributed by atoms with Crippen LogP contribution in [0.1, 0.15) is 18.1 Å². The molecule has 2 aromatic carbocycles. The van der Waals surface area contributed by atoms with Crippen LogP contribution in [0.4, 0.5) is 4.39 Å². The van der Waals surface area contributed by atoms with E-state index < -0.39 is 15.8 Å². The fourth-order valence-electron chi connectivity index (χ4n) is 2.91. The number of fused-ring (bicyclic) bond motifs is 1. The zero-order valence-corrected chi connectivity index (χ0v) is 14.9. The van der Waals surface area contributed by atoms with E-state index in [1.54, 1.807) is 6.92 Å². The number of hydrogen-bond donors (Lipinski definition) is 1. The first-order chi connectivity index (χ1) is 11.9. The zero-order chi connectivity index (χ0) is 18.0. The molecular formula is C18H20FNO4S. The van der Waals surface area contributed by atoms with Crippen LogP contribution < -0.4 is 14.2 Å². The Morgan fingerprint density at radius 3 is 2.80 bits per heavy atom. The van der Waals surface area contributed by atoms with Crippen molar-refractivity contribution in [3.05, 3.63) is 53.3 Å². The quantitative estimate of drug-likeness (QED) is 0.855. The molecule has 5 nitrogen and oxygen atoms in total. The molecular weight excluding hydrogens is 345 g/mol. The minimum atomic E-state index is -3.81. The van der Waals surface area contributed by atoms with Gasteiger partial charge in [0.2, 0.25) is 10.0 Å². The number of sulfonamides is 1. The molecule has 0 bridgehead atoms.